The minimum absolute atomic E-state index is 0.312. The highest BCUT2D eigenvalue weighted by molar-refractivity contribution is 5.64. The summed E-state index contributed by atoms with van der Waals surface area (Å²) in [5, 5.41) is 8.74. The molecule has 0 aromatic heterocycles. The lowest BCUT2D eigenvalue weighted by Crippen LogP contribution is -2.20. The number of rotatable bonds is 5. The van der Waals surface area contributed by atoms with Crippen molar-refractivity contribution in [3.8, 4) is 6.07 Å². The predicted molar refractivity (Wildman–Crippen MR) is 76.9 cm³/mol. The maximum atomic E-state index is 10.3. The van der Waals surface area contributed by atoms with Gasteiger partial charge >= 0.3 is 0 Å². The lowest BCUT2D eigenvalue weighted by atomic mass is 9.87. The lowest BCUT2D eigenvalue weighted by Gasteiger charge is -2.26. The van der Waals surface area contributed by atoms with E-state index in [1.807, 2.05) is 30.3 Å². The van der Waals surface area contributed by atoms with Crippen molar-refractivity contribution in [2.75, 3.05) is 0 Å². The molecule has 2 rings (SSSR count). The van der Waals surface area contributed by atoms with Crippen LogP contribution in [0.25, 0.3) is 0 Å². The van der Waals surface area contributed by atoms with Crippen LogP contribution in [0.5, 0.6) is 0 Å². The Hall–Kier alpha value is -1.92. The Morgan fingerprint density at radius 2 is 1.90 bits per heavy atom. The first kappa shape index (κ1) is 14.5. The molecule has 1 aromatic carbocycles. The number of benzene rings is 1. The topological polar surface area (TPSA) is 50.1 Å². The van der Waals surface area contributed by atoms with Gasteiger partial charge in [-0.25, -0.2) is 0 Å². The molecule has 3 nitrogen and oxygen atoms in total. The Bertz CT molecular complexity index is 491. The van der Waals surface area contributed by atoms with Gasteiger partial charge in [0.1, 0.15) is 6.29 Å². The second-order valence-electron chi connectivity index (χ2n) is 5.18. The van der Waals surface area contributed by atoms with Gasteiger partial charge in [0, 0.05) is 0 Å². The summed E-state index contributed by atoms with van der Waals surface area (Å²) in [7, 11) is 0. The van der Waals surface area contributed by atoms with Crippen molar-refractivity contribution >= 4 is 6.29 Å². The molecule has 0 aliphatic heterocycles. The van der Waals surface area contributed by atoms with Crippen molar-refractivity contribution in [1.29, 1.82) is 5.26 Å². The molecule has 0 spiro atoms. The molecule has 1 aromatic rings. The van der Waals surface area contributed by atoms with Crippen molar-refractivity contribution < 1.29 is 9.53 Å². The minimum atomic E-state index is 0.312. The number of nitrogens with zero attached hydrogens (tertiary/aromatic N) is 1. The van der Waals surface area contributed by atoms with Crippen LogP contribution in [0.15, 0.2) is 36.4 Å². The molecule has 0 bridgehead atoms. The number of carbonyl (C=O) groups excluding carboxylic acids is 1. The Morgan fingerprint density at radius 3 is 2.50 bits per heavy atom. The van der Waals surface area contributed by atoms with Gasteiger partial charge < -0.3 is 4.74 Å². The number of allylic oxidation sites excluding steroid dienone is 2. The molecule has 0 N–H and O–H groups in total. The van der Waals surface area contributed by atoms with Crippen LogP contribution in [0.1, 0.15) is 36.8 Å². The molecule has 3 heteroatoms. The van der Waals surface area contributed by atoms with E-state index in [2.05, 4.69) is 6.07 Å². The Morgan fingerprint density at radius 1 is 1.20 bits per heavy atom. The van der Waals surface area contributed by atoms with Crippen molar-refractivity contribution in [2.24, 2.45) is 5.92 Å². The first-order valence-corrected chi connectivity index (χ1v) is 7.04. The molecule has 1 fully saturated rings. The Balaban J connectivity index is 1.74. The van der Waals surface area contributed by atoms with Gasteiger partial charge in [-0.05, 0) is 55.4 Å². The zero-order chi connectivity index (χ0) is 14.2. The molecule has 20 heavy (non-hydrogen) atoms. The van der Waals surface area contributed by atoms with Gasteiger partial charge in [0.2, 0.25) is 0 Å². The number of ether oxygens (including phenoxy) is 1. The van der Waals surface area contributed by atoms with Crippen LogP contribution in [0.3, 0.4) is 0 Å². The second kappa shape index (κ2) is 7.62. The predicted octanol–water partition coefficient (Wildman–Crippen LogP) is 3.39. The highest BCUT2D eigenvalue weighted by Crippen LogP contribution is 2.27. The van der Waals surface area contributed by atoms with Crippen LogP contribution in [0.2, 0.25) is 0 Å². The third-order valence-electron chi connectivity index (χ3n) is 3.75. The van der Waals surface area contributed by atoms with Crippen molar-refractivity contribution in [1.82, 2.24) is 0 Å². The fourth-order valence-corrected chi connectivity index (χ4v) is 2.54. The quantitative estimate of drug-likeness (QED) is 0.608. The van der Waals surface area contributed by atoms with Crippen LogP contribution < -0.4 is 0 Å². The van der Waals surface area contributed by atoms with E-state index in [0.717, 1.165) is 37.5 Å². The van der Waals surface area contributed by atoms with E-state index >= 15 is 0 Å². The fraction of sp³-hybridized carbons (Fsp3) is 0.412. The second-order valence-corrected chi connectivity index (χ2v) is 5.18. The number of carbonyl (C=O) groups is 1. The summed E-state index contributed by atoms with van der Waals surface area (Å²) in [5.74, 6) is 0.523. The summed E-state index contributed by atoms with van der Waals surface area (Å²) >= 11 is 0. The van der Waals surface area contributed by atoms with Crippen LogP contribution in [0.4, 0.5) is 0 Å². The van der Waals surface area contributed by atoms with Gasteiger partial charge in [0.05, 0.1) is 24.3 Å². The number of aldehydes is 1. The highest BCUT2D eigenvalue weighted by Gasteiger charge is 2.19. The number of nitriles is 1. The van der Waals surface area contributed by atoms with Gasteiger partial charge in [-0.15, -0.1) is 0 Å². The fourth-order valence-electron chi connectivity index (χ4n) is 2.54. The summed E-state index contributed by atoms with van der Waals surface area (Å²) in [6.07, 6.45) is 9.02. The average molecular weight is 269 g/mol. The summed E-state index contributed by atoms with van der Waals surface area (Å²) < 4.78 is 5.92. The standard InChI is InChI=1S/C17H19NO2/c18-12-15-3-5-16(6-4-15)13-20-17-9-7-14(8-10-17)2-1-11-19/h1-6,11,14,17H,7-10,13H2. The normalized spacial score (nSPS) is 22.6. The average Bonchev–Trinajstić information content (AvgIpc) is 2.52. The first-order chi connectivity index (χ1) is 9.81. The number of hydrogen-bond acceptors (Lipinski definition) is 3. The van der Waals surface area contributed by atoms with E-state index < -0.39 is 0 Å². The van der Waals surface area contributed by atoms with Gasteiger partial charge in [-0.3, -0.25) is 4.79 Å². The molecule has 0 unspecified atom stereocenters. The van der Waals surface area contributed by atoms with E-state index in [0.29, 0.717) is 24.2 Å². The summed E-state index contributed by atoms with van der Waals surface area (Å²) in [4.78, 5) is 10.3. The molecule has 1 aliphatic rings. The lowest BCUT2D eigenvalue weighted by molar-refractivity contribution is -0.104. The maximum Gasteiger partial charge on any atom is 0.142 e. The SMILES string of the molecule is N#Cc1ccc(COC2CCC(C=CC=O)CC2)cc1. The summed E-state index contributed by atoms with van der Waals surface area (Å²) in [6, 6.07) is 9.63. The third-order valence-corrected chi connectivity index (χ3v) is 3.75. The van der Waals surface area contributed by atoms with Crippen LogP contribution >= 0.6 is 0 Å². The van der Waals surface area contributed by atoms with Crippen molar-refractivity contribution in [2.45, 2.75) is 38.4 Å². The van der Waals surface area contributed by atoms with E-state index in [4.69, 9.17) is 10.00 Å². The third kappa shape index (κ3) is 4.32. The molecule has 1 saturated carbocycles. The Kier molecular flexibility index (Phi) is 5.52. The maximum absolute atomic E-state index is 10.3. The van der Waals surface area contributed by atoms with E-state index in [1.165, 1.54) is 0 Å². The molecular formula is C17H19NO2. The molecule has 0 heterocycles. The van der Waals surface area contributed by atoms with Gasteiger partial charge in [0.25, 0.3) is 0 Å². The van der Waals surface area contributed by atoms with E-state index in [-0.39, 0.29) is 0 Å². The summed E-state index contributed by atoms with van der Waals surface area (Å²) in [6.45, 7) is 0.602. The molecule has 0 saturated heterocycles. The van der Waals surface area contributed by atoms with Gasteiger partial charge in [-0.1, -0.05) is 18.2 Å². The van der Waals surface area contributed by atoms with Crippen molar-refractivity contribution in [3.63, 3.8) is 0 Å². The molecule has 1 aliphatic carbocycles. The van der Waals surface area contributed by atoms with Crippen LogP contribution in [0, 0.1) is 17.2 Å². The van der Waals surface area contributed by atoms with E-state index in [1.54, 1.807) is 6.08 Å². The monoisotopic (exact) mass is 269 g/mol. The number of hydrogen-bond donors (Lipinski definition) is 0. The first-order valence-electron chi connectivity index (χ1n) is 7.04. The molecular weight excluding hydrogens is 250 g/mol. The van der Waals surface area contributed by atoms with Crippen LogP contribution in [-0.2, 0) is 16.1 Å². The summed E-state index contributed by atoms with van der Waals surface area (Å²) in [5.41, 5.74) is 1.78. The van der Waals surface area contributed by atoms with E-state index in [9.17, 15) is 4.79 Å². The minimum Gasteiger partial charge on any atom is -0.374 e. The molecule has 0 atom stereocenters. The Labute approximate surface area is 119 Å². The largest absolute Gasteiger partial charge is 0.374 e. The van der Waals surface area contributed by atoms with Crippen molar-refractivity contribution in [3.05, 3.63) is 47.5 Å². The van der Waals surface area contributed by atoms with Gasteiger partial charge in [-0.2, -0.15) is 5.26 Å². The molecule has 0 radical (unpaired) electrons. The molecule has 0 amide bonds. The zero-order valence-electron chi connectivity index (χ0n) is 11.5. The van der Waals surface area contributed by atoms with Gasteiger partial charge in [0.15, 0.2) is 0 Å². The smallest absolute Gasteiger partial charge is 0.142 e. The molecule has 104 valence electrons. The van der Waals surface area contributed by atoms with Crippen LogP contribution in [-0.4, -0.2) is 12.4 Å². The zero-order valence-corrected chi connectivity index (χ0v) is 11.5. The highest BCUT2D eigenvalue weighted by atomic mass is 16.5.